The first-order valence-corrected chi connectivity index (χ1v) is 5.14. The maximum Gasteiger partial charge on any atom is 0.129 e. The van der Waals surface area contributed by atoms with E-state index in [1.807, 2.05) is 13.8 Å². The molecule has 0 spiro atoms. The molecule has 0 nitrogen and oxygen atoms in total. The van der Waals surface area contributed by atoms with Gasteiger partial charge in [0.1, 0.15) is 11.6 Å². The van der Waals surface area contributed by atoms with Crippen LogP contribution in [0.1, 0.15) is 43.7 Å². The van der Waals surface area contributed by atoms with E-state index >= 15 is 0 Å². The highest BCUT2D eigenvalue weighted by Gasteiger charge is 2.25. The second kappa shape index (κ2) is 4.54. The van der Waals surface area contributed by atoms with Crippen LogP contribution in [-0.2, 0) is 0 Å². The average molecular weight is 198 g/mol. The molecule has 0 amide bonds. The third-order valence-corrected chi connectivity index (χ3v) is 2.35. The van der Waals surface area contributed by atoms with Gasteiger partial charge in [0.25, 0.3) is 0 Å². The van der Waals surface area contributed by atoms with Crippen LogP contribution in [0.4, 0.5) is 8.78 Å². The Morgan fingerprint density at radius 2 is 1.50 bits per heavy atom. The van der Waals surface area contributed by atoms with Gasteiger partial charge in [-0.3, -0.25) is 0 Å². The van der Waals surface area contributed by atoms with E-state index in [2.05, 4.69) is 0 Å². The van der Waals surface area contributed by atoms with Gasteiger partial charge in [-0.05, 0) is 43.4 Å². The van der Waals surface area contributed by atoms with Crippen LogP contribution in [0.5, 0.6) is 0 Å². The highest BCUT2D eigenvalue weighted by molar-refractivity contribution is 5.29. The Balaban J connectivity index is 0.000000461. The quantitative estimate of drug-likeness (QED) is 0.635. The molecule has 0 N–H and O–H groups in total. The molecule has 1 saturated carbocycles. The van der Waals surface area contributed by atoms with Crippen LogP contribution < -0.4 is 0 Å². The molecule has 0 bridgehead atoms. The highest BCUT2D eigenvalue weighted by Crippen LogP contribution is 2.40. The van der Waals surface area contributed by atoms with E-state index < -0.39 is 11.6 Å². The van der Waals surface area contributed by atoms with Crippen molar-refractivity contribution in [2.45, 2.75) is 39.5 Å². The monoisotopic (exact) mass is 198 g/mol. The lowest BCUT2D eigenvalue weighted by Crippen LogP contribution is -1.91. The summed E-state index contributed by atoms with van der Waals surface area (Å²) in [6.45, 7) is 5.46. The lowest BCUT2D eigenvalue weighted by Gasteiger charge is -2.02. The largest absolute Gasteiger partial charge is 0.207 e. The fourth-order valence-corrected chi connectivity index (χ4v) is 1.32. The predicted octanol–water partition coefficient (Wildman–Crippen LogP) is 4.18. The number of rotatable bonds is 1. The van der Waals surface area contributed by atoms with Crippen molar-refractivity contribution in [2.24, 2.45) is 0 Å². The van der Waals surface area contributed by atoms with Crippen molar-refractivity contribution in [1.29, 1.82) is 0 Å². The van der Waals surface area contributed by atoms with Gasteiger partial charge in [0.2, 0.25) is 0 Å². The topological polar surface area (TPSA) is 0 Å². The van der Waals surface area contributed by atoms with E-state index in [4.69, 9.17) is 0 Å². The first-order valence-electron chi connectivity index (χ1n) is 5.14. The smallest absolute Gasteiger partial charge is 0.129 e. The molecule has 78 valence electrons. The molecule has 0 radical (unpaired) electrons. The summed E-state index contributed by atoms with van der Waals surface area (Å²) < 4.78 is 26.0. The van der Waals surface area contributed by atoms with Gasteiger partial charge in [-0.1, -0.05) is 13.8 Å². The molecule has 2 heteroatoms. The Morgan fingerprint density at radius 1 is 1.07 bits per heavy atom. The summed E-state index contributed by atoms with van der Waals surface area (Å²) in [5, 5.41) is 0. The summed E-state index contributed by atoms with van der Waals surface area (Å²) in [4.78, 5) is 0. The SMILES string of the molecule is CC.Cc1c(F)cc(C2CC2)cc1F. The minimum Gasteiger partial charge on any atom is -0.207 e. The van der Waals surface area contributed by atoms with Gasteiger partial charge in [0, 0.05) is 5.56 Å². The summed E-state index contributed by atoms with van der Waals surface area (Å²) in [7, 11) is 0. The Kier molecular flexibility index (Phi) is 3.62. The molecular formula is C12H16F2. The van der Waals surface area contributed by atoms with Gasteiger partial charge in [0.05, 0.1) is 0 Å². The van der Waals surface area contributed by atoms with Crippen LogP contribution in [0.3, 0.4) is 0 Å². The minimum absolute atomic E-state index is 0.124. The van der Waals surface area contributed by atoms with Crippen molar-refractivity contribution in [3.63, 3.8) is 0 Å². The Morgan fingerprint density at radius 3 is 1.86 bits per heavy atom. The van der Waals surface area contributed by atoms with Gasteiger partial charge < -0.3 is 0 Å². The molecule has 1 aromatic rings. The van der Waals surface area contributed by atoms with Crippen LogP contribution in [0.15, 0.2) is 12.1 Å². The van der Waals surface area contributed by atoms with Crippen LogP contribution in [0.25, 0.3) is 0 Å². The lowest BCUT2D eigenvalue weighted by molar-refractivity contribution is 0.564. The normalized spacial score (nSPS) is 14.6. The number of benzene rings is 1. The zero-order chi connectivity index (χ0) is 10.7. The van der Waals surface area contributed by atoms with E-state index in [0.29, 0.717) is 5.92 Å². The zero-order valence-corrected chi connectivity index (χ0v) is 8.90. The van der Waals surface area contributed by atoms with Crippen molar-refractivity contribution in [3.8, 4) is 0 Å². The van der Waals surface area contributed by atoms with Crippen LogP contribution in [0, 0.1) is 18.6 Å². The van der Waals surface area contributed by atoms with E-state index in [9.17, 15) is 8.78 Å². The minimum atomic E-state index is -0.420. The van der Waals surface area contributed by atoms with Crippen LogP contribution >= 0.6 is 0 Å². The maximum absolute atomic E-state index is 13.0. The second-order valence-corrected chi connectivity index (χ2v) is 3.38. The molecule has 0 atom stereocenters. The molecule has 0 saturated heterocycles. The average Bonchev–Trinajstić information content (AvgIpc) is 3.00. The molecule has 0 unspecified atom stereocenters. The van der Waals surface area contributed by atoms with Gasteiger partial charge in [-0.15, -0.1) is 0 Å². The number of hydrogen-bond donors (Lipinski definition) is 0. The van der Waals surface area contributed by atoms with Crippen molar-refractivity contribution >= 4 is 0 Å². The molecule has 1 aliphatic carbocycles. The van der Waals surface area contributed by atoms with Gasteiger partial charge in [-0.25, -0.2) is 8.78 Å². The first kappa shape index (κ1) is 11.2. The summed E-state index contributed by atoms with van der Waals surface area (Å²) in [5.74, 6) is -0.427. The van der Waals surface area contributed by atoms with Gasteiger partial charge >= 0.3 is 0 Å². The standard InChI is InChI=1S/C10H10F2.C2H6/c1-6-9(11)4-8(5-10(6)12)7-2-3-7;1-2/h4-5,7H,2-3H2,1H3;1-2H3. The van der Waals surface area contributed by atoms with Crippen molar-refractivity contribution < 1.29 is 8.78 Å². The summed E-state index contributed by atoms with van der Waals surface area (Å²) in [6.07, 6.45) is 2.14. The molecule has 1 aromatic carbocycles. The summed E-state index contributed by atoms with van der Waals surface area (Å²) >= 11 is 0. The Bertz CT molecular complexity index is 291. The molecule has 14 heavy (non-hydrogen) atoms. The van der Waals surface area contributed by atoms with Crippen molar-refractivity contribution in [2.75, 3.05) is 0 Å². The predicted molar refractivity (Wildman–Crippen MR) is 54.4 cm³/mol. The fraction of sp³-hybridized carbons (Fsp3) is 0.500. The highest BCUT2D eigenvalue weighted by atomic mass is 19.1. The van der Waals surface area contributed by atoms with E-state index in [1.54, 1.807) is 0 Å². The van der Waals surface area contributed by atoms with Gasteiger partial charge in [-0.2, -0.15) is 0 Å². The first-order chi connectivity index (χ1) is 6.68. The molecular weight excluding hydrogens is 182 g/mol. The fourth-order valence-electron chi connectivity index (χ4n) is 1.32. The number of halogens is 2. The molecule has 1 aliphatic rings. The van der Waals surface area contributed by atoms with Crippen LogP contribution in [0.2, 0.25) is 0 Å². The molecule has 2 rings (SSSR count). The zero-order valence-electron chi connectivity index (χ0n) is 8.90. The maximum atomic E-state index is 13.0. The van der Waals surface area contributed by atoms with Crippen LogP contribution in [-0.4, -0.2) is 0 Å². The van der Waals surface area contributed by atoms with Gasteiger partial charge in [0.15, 0.2) is 0 Å². The molecule has 0 aliphatic heterocycles. The summed E-state index contributed by atoms with van der Waals surface area (Å²) in [6, 6.07) is 2.91. The van der Waals surface area contributed by atoms with E-state index in [-0.39, 0.29) is 5.56 Å². The molecule has 0 aromatic heterocycles. The van der Waals surface area contributed by atoms with Crippen molar-refractivity contribution in [3.05, 3.63) is 34.9 Å². The molecule has 1 fully saturated rings. The summed E-state index contributed by atoms with van der Waals surface area (Å²) in [5.41, 5.74) is 0.940. The Hall–Kier alpha value is -0.920. The Labute approximate surface area is 84.0 Å². The van der Waals surface area contributed by atoms with Crippen molar-refractivity contribution in [1.82, 2.24) is 0 Å². The van der Waals surface area contributed by atoms with E-state index in [1.165, 1.54) is 19.1 Å². The lowest BCUT2D eigenvalue weighted by atomic mass is 10.1. The third-order valence-electron chi connectivity index (χ3n) is 2.35. The van der Waals surface area contributed by atoms with E-state index in [0.717, 1.165) is 18.4 Å². The number of hydrogen-bond acceptors (Lipinski definition) is 0. The third kappa shape index (κ3) is 2.31. The second-order valence-electron chi connectivity index (χ2n) is 3.38. The molecule has 0 heterocycles.